The predicted molar refractivity (Wildman–Crippen MR) is 99.2 cm³/mol. The first-order chi connectivity index (χ1) is 12.2. The van der Waals surface area contributed by atoms with Gasteiger partial charge in [0.25, 0.3) is 0 Å². The molecule has 2 fully saturated rings. The van der Waals surface area contributed by atoms with Gasteiger partial charge >= 0.3 is 0 Å². The van der Waals surface area contributed by atoms with E-state index in [-0.39, 0.29) is 24.3 Å². The fourth-order valence-corrected chi connectivity index (χ4v) is 3.77. The van der Waals surface area contributed by atoms with Crippen molar-refractivity contribution < 1.29 is 9.59 Å². The van der Waals surface area contributed by atoms with Gasteiger partial charge in [-0.1, -0.05) is 31.4 Å². The first-order valence-corrected chi connectivity index (χ1v) is 9.59. The summed E-state index contributed by atoms with van der Waals surface area (Å²) in [6.45, 7) is 3.38. The fraction of sp³-hybridized carbons (Fsp3) is 0.600. The van der Waals surface area contributed by atoms with Crippen LogP contribution in [0.25, 0.3) is 0 Å². The maximum atomic E-state index is 12.1. The minimum absolute atomic E-state index is 0.0239. The van der Waals surface area contributed by atoms with Gasteiger partial charge in [0.15, 0.2) is 0 Å². The van der Waals surface area contributed by atoms with E-state index in [0.717, 1.165) is 37.9 Å². The number of amides is 2. The van der Waals surface area contributed by atoms with Crippen molar-refractivity contribution >= 4 is 17.5 Å². The highest BCUT2D eigenvalue weighted by atomic mass is 16.2. The van der Waals surface area contributed by atoms with Crippen LogP contribution in [0.1, 0.15) is 50.5 Å². The first-order valence-electron chi connectivity index (χ1n) is 9.59. The van der Waals surface area contributed by atoms with Crippen LogP contribution in [0.5, 0.6) is 0 Å². The maximum Gasteiger partial charge on any atom is 0.243 e. The molecular weight excluding hydrogens is 314 g/mol. The molecule has 5 heteroatoms. The molecule has 1 saturated heterocycles. The average Bonchev–Trinajstić information content (AvgIpc) is 3.15. The van der Waals surface area contributed by atoms with E-state index in [1.165, 1.54) is 37.9 Å². The van der Waals surface area contributed by atoms with Crippen molar-refractivity contribution in [3.05, 3.63) is 29.8 Å². The Balaban J connectivity index is 1.40. The molecule has 1 aromatic carbocycles. The molecule has 0 bridgehead atoms. The Labute approximate surface area is 150 Å². The summed E-state index contributed by atoms with van der Waals surface area (Å²) in [6.07, 6.45) is 7.94. The molecule has 1 saturated carbocycles. The highest BCUT2D eigenvalue weighted by molar-refractivity contribution is 5.94. The second kappa shape index (κ2) is 8.99. The van der Waals surface area contributed by atoms with Crippen molar-refractivity contribution in [2.24, 2.45) is 5.92 Å². The normalized spacial score (nSPS) is 18.9. The van der Waals surface area contributed by atoms with Gasteiger partial charge in [0.2, 0.25) is 11.8 Å². The van der Waals surface area contributed by atoms with E-state index >= 15 is 0 Å². The lowest BCUT2D eigenvalue weighted by Crippen LogP contribution is -2.37. The quantitative estimate of drug-likeness (QED) is 0.835. The van der Waals surface area contributed by atoms with Crippen molar-refractivity contribution in [1.82, 2.24) is 10.2 Å². The summed E-state index contributed by atoms with van der Waals surface area (Å²) in [6, 6.07) is 8.00. The smallest absolute Gasteiger partial charge is 0.243 e. The summed E-state index contributed by atoms with van der Waals surface area (Å²) in [7, 11) is 0. The minimum Gasteiger partial charge on any atom is -0.347 e. The van der Waals surface area contributed by atoms with E-state index in [1.54, 1.807) is 0 Å². The van der Waals surface area contributed by atoms with Crippen LogP contribution in [0, 0.1) is 5.92 Å². The standard InChI is InChI=1S/C20H29N3O2/c24-19(14-21-20(25)17-6-2-1-3-7-17)22-18-10-8-16(9-11-18)15-23-12-4-5-13-23/h8-11,17H,1-7,12-15H2,(H,21,25)(H,22,24). The summed E-state index contributed by atoms with van der Waals surface area (Å²) in [4.78, 5) is 26.6. The topological polar surface area (TPSA) is 61.4 Å². The number of hydrogen-bond acceptors (Lipinski definition) is 3. The van der Waals surface area contributed by atoms with Crippen LogP contribution in [0.15, 0.2) is 24.3 Å². The molecule has 25 heavy (non-hydrogen) atoms. The molecule has 3 rings (SSSR count). The molecule has 0 unspecified atom stereocenters. The molecule has 1 heterocycles. The number of rotatable bonds is 6. The van der Waals surface area contributed by atoms with Crippen molar-refractivity contribution in [3.8, 4) is 0 Å². The van der Waals surface area contributed by atoms with Gasteiger partial charge in [-0.15, -0.1) is 0 Å². The minimum atomic E-state index is -0.170. The van der Waals surface area contributed by atoms with E-state index in [0.29, 0.717) is 0 Å². The number of nitrogens with one attached hydrogen (secondary N) is 2. The fourth-order valence-electron chi connectivity index (χ4n) is 3.77. The van der Waals surface area contributed by atoms with Gasteiger partial charge in [-0.3, -0.25) is 14.5 Å². The van der Waals surface area contributed by atoms with Crippen LogP contribution in [0.4, 0.5) is 5.69 Å². The van der Waals surface area contributed by atoms with Crippen LogP contribution < -0.4 is 10.6 Å². The number of hydrogen-bond donors (Lipinski definition) is 2. The van der Waals surface area contributed by atoms with Gasteiger partial charge in [0.1, 0.15) is 0 Å². The summed E-state index contributed by atoms with van der Waals surface area (Å²) < 4.78 is 0. The molecule has 0 atom stereocenters. The van der Waals surface area contributed by atoms with Gasteiger partial charge in [0, 0.05) is 18.2 Å². The van der Waals surface area contributed by atoms with Crippen LogP contribution in [-0.4, -0.2) is 36.3 Å². The highest BCUT2D eigenvalue weighted by Crippen LogP contribution is 2.23. The number of carbonyl (C=O) groups excluding carboxylic acids is 2. The third kappa shape index (κ3) is 5.56. The number of likely N-dealkylation sites (tertiary alicyclic amines) is 1. The maximum absolute atomic E-state index is 12.1. The number of benzene rings is 1. The summed E-state index contributed by atoms with van der Waals surface area (Å²) in [5.74, 6) is -0.0568. The van der Waals surface area contributed by atoms with Gasteiger partial charge in [-0.05, 0) is 56.5 Å². The second-order valence-corrected chi connectivity index (χ2v) is 7.28. The molecule has 1 aliphatic heterocycles. The lowest BCUT2D eigenvalue weighted by Gasteiger charge is -2.20. The predicted octanol–water partition coefficient (Wildman–Crippen LogP) is 2.92. The van der Waals surface area contributed by atoms with Crippen molar-refractivity contribution in [2.45, 2.75) is 51.5 Å². The van der Waals surface area contributed by atoms with Crippen LogP contribution in [0.3, 0.4) is 0 Å². The van der Waals surface area contributed by atoms with Gasteiger partial charge in [0.05, 0.1) is 6.54 Å². The Bertz CT molecular complexity index is 573. The molecule has 0 radical (unpaired) electrons. The zero-order chi connectivity index (χ0) is 17.5. The van der Waals surface area contributed by atoms with Crippen molar-refractivity contribution in [3.63, 3.8) is 0 Å². The van der Waals surface area contributed by atoms with Crippen molar-refractivity contribution in [1.29, 1.82) is 0 Å². The van der Waals surface area contributed by atoms with Gasteiger partial charge < -0.3 is 10.6 Å². The summed E-state index contributed by atoms with van der Waals surface area (Å²) >= 11 is 0. The second-order valence-electron chi connectivity index (χ2n) is 7.28. The molecule has 136 valence electrons. The Kier molecular flexibility index (Phi) is 6.45. The molecule has 0 spiro atoms. The van der Waals surface area contributed by atoms with Crippen LogP contribution in [0.2, 0.25) is 0 Å². The molecule has 0 aromatic heterocycles. The van der Waals surface area contributed by atoms with Gasteiger partial charge in [-0.25, -0.2) is 0 Å². The Morgan fingerprint density at radius 1 is 0.960 bits per heavy atom. The molecule has 2 aliphatic rings. The lowest BCUT2D eigenvalue weighted by molar-refractivity contribution is -0.128. The number of nitrogens with zero attached hydrogens (tertiary/aromatic N) is 1. The monoisotopic (exact) mass is 343 g/mol. The average molecular weight is 343 g/mol. The molecule has 2 amide bonds. The zero-order valence-electron chi connectivity index (χ0n) is 14.9. The van der Waals surface area contributed by atoms with Gasteiger partial charge in [-0.2, -0.15) is 0 Å². The SMILES string of the molecule is O=C(CNC(=O)C1CCCCC1)Nc1ccc(CN2CCCC2)cc1. The molecule has 5 nitrogen and oxygen atoms in total. The molecule has 1 aliphatic carbocycles. The summed E-state index contributed by atoms with van der Waals surface area (Å²) in [5.41, 5.74) is 2.05. The molecule has 1 aromatic rings. The lowest BCUT2D eigenvalue weighted by atomic mass is 9.89. The van der Waals surface area contributed by atoms with Crippen molar-refractivity contribution in [2.75, 3.05) is 25.0 Å². The largest absolute Gasteiger partial charge is 0.347 e. The number of carbonyl (C=O) groups is 2. The Hall–Kier alpha value is -1.88. The van der Waals surface area contributed by atoms with E-state index in [4.69, 9.17) is 0 Å². The first kappa shape index (κ1) is 17.9. The molecular formula is C20H29N3O2. The van der Waals surface area contributed by atoms with E-state index < -0.39 is 0 Å². The van der Waals surface area contributed by atoms with E-state index in [1.807, 2.05) is 12.1 Å². The van der Waals surface area contributed by atoms with Crippen LogP contribution in [-0.2, 0) is 16.1 Å². The zero-order valence-corrected chi connectivity index (χ0v) is 14.9. The molecule has 2 N–H and O–H groups in total. The Morgan fingerprint density at radius 2 is 1.64 bits per heavy atom. The highest BCUT2D eigenvalue weighted by Gasteiger charge is 2.21. The summed E-state index contributed by atoms with van der Waals surface area (Å²) in [5, 5.41) is 5.63. The third-order valence-corrected chi connectivity index (χ3v) is 5.24. The van der Waals surface area contributed by atoms with E-state index in [9.17, 15) is 9.59 Å². The number of anilines is 1. The third-order valence-electron chi connectivity index (χ3n) is 5.24. The Morgan fingerprint density at radius 3 is 2.32 bits per heavy atom. The van der Waals surface area contributed by atoms with Crippen LogP contribution >= 0.6 is 0 Å². The van der Waals surface area contributed by atoms with E-state index in [2.05, 4.69) is 27.7 Å².